The first-order valence-corrected chi connectivity index (χ1v) is 6.63. The normalized spacial score (nSPS) is 11.2. The molecule has 3 heteroatoms. The van der Waals surface area contributed by atoms with Gasteiger partial charge in [0.25, 0.3) is 0 Å². The maximum atomic E-state index is 5.28. The lowest BCUT2D eigenvalue weighted by Gasteiger charge is -2.15. The quantitative estimate of drug-likeness (QED) is 0.558. The molecule has 0 spiro atoms. The maximum absolute atomic E-state index is 5.28. The van der Waals surface area contributed by atoms with Crippen LogP contribution in [0.25, 0.3) is 0 Å². The third-order valence-corrected chi connectivity index (χ3v) is 3.14. The third-order valence-electron chi connectivity index (χ3n) is 2.58. The fourth-order valence-electron chi connectivity index (χ4n) is 1.60. The summed E-state index contributed by atoms with van der Waals surface area (Å²) in [5.41, 5.74) is 1.30. The van der Waals surface area contributed by atoms with Gasteiger partial charge in [0.05, 0.1) is 6.26 Å². The summed E-state index contributed by atoms with van der Waals surface area (Å²) < 4.78 is 5.28. The molecule has 0 bridgehead atoms. The highest BCUT2D eigenvalue weighted by molar-refractivity contribution is 9.09. The summed E-state index contributed by atoms with van der Waals surface area (Å²) in [6.07, 6.45) is 5.63. The van der Waals surface area contributed by atoms with Crippen LogP contribution in [0.3, 0.4) is 0 Å². The first-order valence-electron chi connectivity index (χ1n) is 5.51. The van der Waals surface area contributed by atoms with Crippen molar-refractivity contribution < 1.29 is 4.42 Å². The monoisotopic (exact) mass is 273 g/mol. The Morgan fingerprint density at radius 1 is 1.33 bits per heavy atom. The van der Waals surface area contributed by atoms with Gasteiger partial charge in [-0.05, 0) is 39.4 Å². The molecule has 0 radical (unpaired) electrons. The van der Waals surface area contributed by atoms with Crippen LogP contribution in [0.2, 0.25) is 0 Å². The number of hydrogen-bond acceptors (Lipinski definition) is 2. The molecular formula is C12H20BrNO. The summed E-state index contributed by atoms with van der Waals surface area (Å²) in [6, 6.07) is 2.06. The largest absolute Gasteiger partial charge is 0.469 e. The van der Waals surface area contributed by atoms with Gasteiger partial charge in [0.1, 0.15) is 5.76 Å². The number of halogens is 1. The van der Waals surface area contributed by atoms with Gasteiger partial charge in [-0.15, -0.1) is 0 Å². The Bertz CT molecular complexity index is 272. The van der Waals surface area contributed by atoms with Crippen molar-refractivity contribution in [3.63, 3.8) is 0 Å². The minimum Gasteiger partial charge on any atom is -0.469 e. The van der Waals surface area contributed by atoms with Crippen LogP contribution in [0.1, 0.15) is 30.6 Å². The SMILES string of the molecule is Cc1occc1CN(C)CCCCCBr. The predicted octanol–water partition coefficient (Wildman–Crippen LogP) is 3.59. The Balaban J connectivity index is 2.18. The van der Waals surface area contributed by atoms with Gasteiger partial charge in [0, 0.05) is 17.4 Å². The molecule has 1 heterocycles. The van der Waals surface area contributed by atoms with E-state index in [1.54, 1.807) is 6.26 Å². The molecule has 0 saturated heterocycles. The second kappa shape index (κ2) is 7.07. The van der Waals surface area contributed by atoms with Gasteiger partial charge in [-0.2, -0.15) is 0 Å². The molecular weight excluding hydrogens is 254 g/mol. The minimum absolute atomic E-state index is 0.997. The molecule has 15 heavy (non-hydrogen) atoms. The Kier molecular flexibility index (Phi) is 6.03. The average Bonchev–Trinajstić information content (AvgIpc) is 2.59. The van der Waals surface area contributed by atoms with Gasteiger partial charge in [-0.3, -0.25) is 0 Å². The molecule has 0 aliphatic heterocycles. The smallest absolute Gasteiger partial charge is 0.105 e. The summed E-state index contributed by atoms with van der Waals surface area (Å²) in [7, 11) is 2.17. The number of alkyl halides is 1. The van der Waals surface area contributed by atoms with Crippen molar-refractivity contribution in [2.45, 2.75) is 32.7 Å². The molecule has 1 aromatic heterocycles. The Labute approximate surface area is 101 Å². The van der Waals surface area contributed by atoms with Gasteiger partial charge < -0.3 is 9.32 Å². The van der Waals surface area contributed by atoms with Crippen molar-refractivity contribution in [3.05, 3.63) is 23.7 Å². The predicted molar refractivity (Wildman–Crippen MR) is 67.4 cm³/mol. The Morgan fingerprint density at radius 3 is 2.73 bits per heavy atom. The highest BCUT2D eigenvalue weighted by Gasteiger charge is 2.04. The second-order valence-electron chi connectivity index (χ2n) is 3.99. The molecule has 0 unspecified atom stereocenters. The molecule has 2 nitrogen and oxygen atoms in total. The third kappa shape index (κ3) is 4.85. The lowest BCUT2D eigenvalue weighted by Crippen LogP contribution is -2.19. The van der Waals surface area contributed by atoms with Gasteiger partial charge in [0.2, 0.25) is 0 Å². The molecule has 0 aliphatic rings. The number of furan rings is 1. The van der Waals surface area contributed by atoms with Crippen molar-refractivity contribution in [1.82, 2.24) is 4.90 Å². The number of rotatable bonds is 7. The molecule has 0 aromatic carbocycles. The lowest BCUT2D eigenvalue weighted by atomic mass is 10.2. The van der Waals surface area contributed by atoms with Crippen molar-refractivity contribution in [2.24, 2.45) is 0 Å². The van der Waals surface area contributed by atoms with E-state index in [0.717, 1.165) is 24.2 Å². The van der Waals surface area contributed by atoms with Crippen LogP contribution in [0, 0.1) is 6.92 Å². The highest BCUT2D eigenvalue weighted by Crippen LogP contribution is 2.11. The summed E-state index contributed by atoms with van der Waals surface area (Å²) in [5.74, 6) is 1.04. The van der Waals surface area contributed by atoms with Gasteiger partial charge in [-0.25, -0.2) is 0 Å². The minimum atomic E-state index is 0.997. The van der Waals surface area contributed by atoms with E-state index in [4.69, 9.17) is 4.42 Å². The summed E-state index contributed by atoms with van der Waals surface area (Å²) in [5, 5.41) is 1.12. The van der Waals surface area contributed by atoms with Crippen molar-refractivity contribution in [3.8, 4) is 0 Å². The molecule has 0 saturated carbocycles. The van der Waals surface area contributed by atoms with Crippen molar-refractivity contribution in [1.29, 1.82) is 0 Å². The first kappa shape index (κ1) is 12.8. The number of nitrogens with zero attached hydrogens (tertiary/aromatic N) is 1. The Morgan fingerprint density at radius 2 is 2.13 bits per heavy atom. The van der Waals surface area contributed by atoms with Crippen LogP contribution in [-0.2, 0) is 6.54 Å². The van der Waals surface area contributed by atoms with E-state index >= 15 is 0 Å². The van der Waals surface area contributed by atoms with E-state index in [2.05, 4.69) is 33.9 Å². The van der Waals surface area contributed by atoms with Gasteiger partial charge in [0.15, 0.2) is 0 Å². The van der Waals surface area contributed by atoms with Crippen molar-refractivity contribution in [2.75, 3.05) is 18.9 Å². The van der Waals surface area contributed by atoms with Crippen LogP contribution in [0.15, 0.2) is 16.7 Å². The zero-order valence-corrected chi connectivity index (χ0v) is 11.2. The van der Waals surface area contributed by atoms with Crippen molar-refractivity contribution >= 4 is 15.9 Å². The van der Waals surface area contributed by atoms with Gasteiger partial charge in [-0.1, -0.05) is 22.4 Å². The molecule has 0 amide bonds. The van der Waals surface area contributed by atoms with Crippen LogP contribution in [0.4, 0.5) is 0 Å². The van der Waals surface area contributed by atoms with Crippen LogP contribution in [-0.4, -0.2) is 23.8 Å². The molecule has 86 valence electrons. The summed E-state index contributed by atoms with van der Waals surface area (Å²) >= 11 is 3.45. The van der Waals surface area contributed by atoms with E-state index in [9.17, 15) is 0 Å². The van der Waals surface area contributed by atoms with Crippen LogP contribution < -0.4 is 0 Å². The van der Waals surface area contributed by atoms with Crippen LogP contribution in [0.5, 0.6) is 0 Å². The zero-order valence-electron chi connectivity index (χ0n) is 9.63. The van der Waals surface area contributed by atoms with Gasteiger partial charge >= 0.3 is 0 Å². The number of unbranched alkanes of at least 4 members (excludes halogenated alkanes) is 2. The summed E-state index contributed by atoms with van der Waals surface area (Å²) in [4.78, 5) is 2.35. The number of hydrogen-bond donors (Lipinski definition) is 0. The molecule has 0 N–H and O–H groups in total. The topological polar surface area (TPSA) is 16.4 Å². The maximum Gasteiger partial charge on any atom is 0.105 e. The molecule has 0 aliphatic carbocycles. The fourth-order valence-corrected chi connectivity index (χ4v) is 1.99. The van der Waals surface area contributed by atoms with E-state index in [1.165, 1.54) is 24.8 Å². The summed E-state index contributed by atoms with van der Waals surface area (Å²) in [6.45, 7) is 4.18. The van der Waals surface area contributed by atoms with Crippen LogP contribution >= 0.6 is 15.9 Å². The lowest BCUT2D eigenvalue weighted by molar-refractivity contribution is 0.316. The van der Waals surface area contributed by atoms with E-state index in [1.807, 2.05) is 6.92 Å². The molecule has 1 aromatic rings. The van der Waals surface area contributed by atoms with E-state index < -0.39 is 0 Å². The molecule has 0 fully saturated rings. The fraction of sp³-hybridized carbons (Fsp3) is 0.667. The second-order valence-corrected chi connectivity index (χ2v) is 4.78. The van der Waals surface area contributed by atoms with E-state index in [0.29, 0.717) is 0 Å². The van der Waals surface area contributed by atoms with E-state index in [-0.39, 0.29) is 0 Å². The molecule has 0 atom stereocenters. The molecule has 1 rings (SSSR count). The first-order chi connectivity index (χ1) is 7.24. The highest BCUT2D eigenvalue weighted by atomic mass is 79.9. The number of aryl methyl sites for hydroxylation is 1. The average molecular weight is 274 g/mol. The Hall–Kier alpha value is -0.280. The zero-order chi connectivity index (χ0) is 11.1. The standard InChI is InChI=1S/C12H20BrNO/c1-11-12(6-9-15-11)10-14(2)8-5-3-4-7-13/h6,9H,3-5,7-8,10H2,1-2H3.